The van der Waals surface area contributed by atoms with Crippen LogP contribution in [0.3, 0.4) is 0 Å². The number of fused-ring (bicyclic) bond motifs is 1. The highest BCUT2D eigenvalue weighted by atomic mass is 35.5. The second-order valence-electron chi connectivity index (χ2n) is 6.52. The number of nitrogens with one attached hydrogen (secondary N) is 1. The number of hydrogen-bond donors (Lipinski definition) is 1. The smallest absolute Gasteiger partial charge is 0.303 e. The molecular weight excluding hydrogens is 447 g/mol. The summed E-state index contributed by atoms with van der Waals surface area (Å²) in [6.45, 7) is 2.32. The van der Waals surface area contributed by atoms with E-state index in [1.165, 1.54) is 18.7 Å². The fourth-order valence-corrected chi connectivity index (χ4v) is 4.82. The molecule has 0 bridgehead atoms. The Morgan fingerprint density at radius 1 is 1.23 bits per heavy atom. The lowest BCUT2D eigenvalue weighted by molar-refractivity contribution is -0.152. The van der Waals surface area contributed by atoms with Crippen LogP contribution in [-0.4, -0.2) is 45.2 Å². The van der Waals surface area contributed by atoms with E-state index >= 15 is 0 Å². The van der Waals surface area contributed by atoms with Gasteiger partial charge in [-0.25, -0.2) is 0 Å². The third-order valence-corrected chi connectivity index (χ3v) is 6.45. The number of carbonyl (C=O) groups excluding carboxylic acids is 2. The molecule has 0 radical (unpaired) electrons. The number of rotatable bonds is 6. The van der Waals surface area contributed by atoms with E-state index < -0.39 is 17.3 Å². The molecular formula is C21H24Cl2N2O4S. The number of thioether (sulfide) groups is 1. The lowest BCUT2D eigenvalue weighted by Crippen LogP contribution is -2.45. The van der Waals surface area contributed by atoms with E-state index in [0.717, 1.165) is 16.1 Å². The molecule has 3 rings (SSSR count). The maximum absolute atomic E-state index is 13.5. The van der Waals surface area contributed by atoms with E-state index in [2.05, 4.69) is 5.32 Å². The molecule has 0 aliphatic carbocycles. The summed E-state index contributed by atoms with van der Waals surface area (Å²) >= 11 is 7.94. The standard InChI is InChI=1S/C21H23ClN2O4S.ClH/c1-13(25)28-18-19(14-7-9-15(27-3)10-8-14)29-20-16(22)5-4-6-17(20)24(21(18)26)12-11-23-2;/h4-10,18-19,23H,11-12H2,1-3H3;1H. The highest BCUT2D eigenvalue weighted by Gasteiger charge is 2.41. The van der Waals surface area contributed by atoms with E-state index in [0.29, 0.717) is 23.9 Å². The molecule has 2 aromatic rings. The maximum Gasteiger partial charge on any atom is 0.303 e. The van der Waals surface area contributed by atoms with Crippen LogP contribution in [0.15, 0.2) is 47.4 Å². The van der Waals surface area contributed by atoms with Gasteiger partial charge in [0.1, 0.15) is 5.75 Å². The minimum absolute atomic E-state index is 0. The molecule has 30 heavy (non-hydrogen) atoms. The van der Waals surface area contributed by atoms with Gasteiger partial charge in [0.05, 0.1) is 28.0 Å². The molecule has 6 nitrogen and oxygen atoms in total. The SMILES string of the molecule is CNCCN1C(=O)C(OC(C)=O)C(c2ccc(OC)cc2)Sc2c(Cl)cccc21.Cl. The normalized spacial score (nSPS) is 18.1. The molecule has 0 aromatic heterocycles. The molecule has 1 aliphatic heterocycles. The van der Waals surface area contributed by atoms with Crippen LogP contribution in [0.5, 0.6) is 5.75 Å². The van der Waals surface area contributed by atoms with Crippen LogP contribution in [0.25, 0.3) is 0 Å². The molecule has 1 N–H and O–H groups in total. The Balaban J connectivity index is 0.00000320. The Labute approximate surface area is 191 Å². The van der Waals surface area contributed by atoms with E-state index in [1.807, 2.05) is 43.4 Å². The van der Waals surface area contributed by atoms with Crippen LogP contribution in [0, 0.1) is 0 Å². The van der Waals surface area contributed by atoms with E-state index in [1.54, 1.807) is 18.1 Å². The van der Waals surface area contributed by atoms with Crippen LogP contribution in [0.1, 0.15) is 17.7 Å². The summed E-state index contributed by atoms with van der Waals surface area (Å²) in [7, 11) is 3.41. The number of benzene rings is 2. The lowest BCUT2D eigenvalue weighted by atomic mass is 10.1. The first-order valence-electron chi connectivity index (χ1n) is 9.18. The topological polar surface area (TPSA) is 67.9 Å². The molecule has 1 aliphatic rings. The third kappa shape index (κ3) is 5.21. The van der Waals surface area contributed by atoms with Crippen molar-refractivity contribution in [2.75, 3.05) is 32.1 Å². The number of esters is 1. The van der Waals surface area contributed by atoms with Gasteiger partial charge in [-0.3, -0.25) is 9.59 Å². The zero-order valence-electron chi connectivity index (χ0n) is 16.9. The number of hydrogen-bond acceptors (Lipinski definition) is 6. The summed E-state index contributed by atoms with van der Waals surface area (Å²) in [5.41, 5.74) is 1.56. The largest absolute Gasteiger partial charge is 0.497 e. The van der Waals surface area contributed by atoms with E-state index in [9.17, 15) is 9.59 Å². The van der Waals surface area contributed by atoms with Gasteiger partial charge >= 0.3 is 5.97 Å². The minimum Gasteiger partial charge on any atom is -0.497 e. The molecule has 162 valence electrons. The second-order valence-corrected chi connectivity index (χ2v) is 8.08. The fraction of sp³-hybridized carbons (Fsp3) is 0.333. The monoisotopic (exact) mass is 470 g/mol. The average Bonchev–Trinajstić information content (AvgIpc) is 2.82. The van der Waals surface area contributed by atoms with Gasteiger partial charge in [-0.2, -0.15) is 0 Å². The second kappa shape index (κ2) is 10.9. The van der Waals surface area contributed by atoms with E-state index in [-0.39, 0.29) is 18.3 Å². The van der Waals surface area contributed by atoms with E-state index in [4.69, 9.17) is 21.1 Å². The van der Waals surface area contributed by atoms with Crippen molar-refractivity contribution in [3.05, 3.63) is 53.1 Å². The maximum atomic E-state index is 13.5. The predicted molar refractivity (Wildman–Crippen MR) is 122 cm³/mol. The van der Waals surface area contributed by atoms with Crippen LogP contribution in [-0.2, 0) is 14.3 Å². The predicted octanol–water partition coefficient (Wildman–Crippen LogP) is 4.10. The zero-order chi connectivity index (χ0) is 21.0. The number of methoxy groups -OCH3 is 1. The van der Waals surface area contributed by atoms with Gasteiger partial charge in [0.25, 0.3) is 5.91 Å². The van der Waals surface area contributed by atoms with Crippen molar-refractivity contribution in [1.82, 2.24) is 5.32 Å². The summed E-state index contributed by atoms with van der Waals surface area (Å²) in [5.74, 6) is -0.0744. The number of ether oxygens (including phenoxy) is 2. The summed E-state index contributed by atoms with van der Waals surface area (Å²) in [5, 5.41) is 3.16. The number of nitrogens with zero attached hydrogens (tertiary/aromatic N) is 1. The summed E-state index contributed by atoms with van der Waals surface area (Å²) in [6, 6.07) is 12.9. The van der Waals surface area contributed by atoms with Crippen molar-refractivity contribution in [2.24, 2.45) is 0 Å². The Hall–Kier alpha value is -1.93. The molecule has 0 saturated carbocycles. The Morgan fingerprint density at radius 2 is 1.93 bits per heavy atom. The van der Waals surface area contributed by atoms with Gasteiger partial charge in [-0.05, 0) is 36.9 Å². The lowest BCUT2D eigenvalue weighted by Gasteiger charge is -2.27. The molecule has 2 aromatic carbocycles. The molecule has 0 spiro atoms. The number of halogens is 2. The first-order chi connectivity index (χ1) is 14.0. The summed E-state index contributed by atoms with van der Waals surface area (Å²) in [4.78, 5) is 27.8. The fourth-order valence-electron chi connectivity index (χ4n) is 3.20. The van der Waals surface area contributed by atoms with Crippen LogP contribution in [0.2, 0.25) is 5.02 Å². The van der Waals surface area contributed by atoms with Gasteiger partial charge in [-0.15, -0.1) is 24.2 Å². The first-order valence-corrected chi connectivity index (χ1v) is 10.4. The highest BCUT2D eigenvalue weighted by Crippen LogP contribution is 2.49. The van der Waals surface area contributed by atoms with Gasteiger partial charge < -0.3 is 19.7 Å². The van der Waals surface area contributed by atoms with Crippen molar-refractivity contribution in [3.8, 4) is 5.75 Å². The number of amides is 1. The average molecular weight is 471 g/mol. The summed E-state index contributed by atoms with van der Waals surface area (Å²) in [6.07, 6.45) is -0.980. The molecule has 9 heteroatoms. The van der Waals surface area contributed by atoms with Crippen molar-refractivity contribution < 1.29 is 19.1 Å². The number of anilines is 1. The molecule has 0 fully saturated rings. The first kappa shape index (κ1) is 24.3. The van der Waals surface area contributed by atoms with Crippen LogP contribution < -0.4 is 15.0 Å². The number of likely N-dealkylation sites (N-methyl/N-ethyl adjacent to an activating group) is 1. The van der Waals surface area contributed by atoms with Crippen LogP contribution in [0.4, 0.5) is 5.69 Å². The zero-order valence-corrected chi connectivity index (χ0v) is 19.3. The molecule has 1 amide bonds. The van der Waals surface area contributed by atoms with Crippen molar-refractivity contribution in [3.63, 3.8) is 0 Å². The van der Waals surface area contributed by atoms with Crippen molar-refractivity contribution in [1.29, 1.82) is 0 Å². The van der Waals surface area contributed by atoms with Crippen molar-refractivity contribution >= 4 is 53.3 Å². The Kier molecular flexibility index (Phi) is 8.85. The summed E-state index contributed by atoms with van der Waals surface area (Å²) < 4.78 is 10.8. The minimum atomic E-state index is -0.980. The van der Waals surface area contributed by atoms with Gasteiger partial charge in [0.2, 0.25) is 0 Å². The quantitative estimate of drug-likeness (QED) is 0.640. The Morgan fingerprint density at radius 3 is 2.53 bits per heavy atom. The highest BCUT2D eigenvalue weighted by molar-refractivity contribution is 8.00. The molecule has 2 unspecified atom stereocenters. The van der Waals surface area contributed by atoms with Gasteiger partial charge in [0.15, 0.2) is 6.10 Å². The van der Waals surface area contributed by atoms with Gasteiger partial charge in [-0.1, -0.05) is 29.8 Å². The van der Waals surface area contributed by atoms with Crippen LogP contribution >= 0.6 is 35.8 Å². The molecule has 0 saturated heterocycles. The number of carbonyl (C=O) groups is 2. The molecule has 2 atom stereocenters. The van der Waals surface area contributed by atoms with Gasteiger partial charge in [0, 0.05) is 20.0 Å². The Bertz CT molecular complexity index is 895. The third-order valence-electron chi connectivity index (χ3n) is 4.59. The molecule has 1 heterocycles. The van der Waals surface area contributed by atoms with Crippen molar-refractivity contribution in [2.45, 2.75) is 23.2 Å².